The Morgan fingerprint density at radius 1 is 1.35 bits per heavy atom. The Bertz CT molecular complexity index is 475. The van der Waals surface area contributed by atoms with Crippen molar-refractivity contribution in [3.63, 3.8) is 0 Å². The zero-order chi connectivity index (χ0) is 11.5. The molecule has 5 heteroatoms. The number of hydrogen-bond acceptors (Lipinski definition) is 3. The van der Waals surface area contributed by atoms with Gasteiger partial charge in [-0.05, 0) is 29.6 Å². The van der Waals surface area contributed by atoms with Crippen LogP contribution in [0.5, 0.6) is 5.75 Å². The van der Waals surface area contributed by atoms with E-state index in [1.807, 2.05) is 17.5 Å². The van der Waals surface area contributed by atoms with Crippen LogP contribution in [0.1, 0.15) is 16.5 Å². The molecule has 92 valence electrons. The summed E-state index contributed by atoms with van der Waals surface area (Å²) in [6.07, 6.45) is 0. The van der Waals surface area contributed by atoms with Crippen LogP contribution in [-0.2, 0) is 0 Å². The smallest absolute Gasteiger partial charge is 0.124 e. The molecule has 2 aromatic rings. The first-order valence-corrected chi connectivity index (χ1v) is 5.72. The third-order valence-corrected chi connectivity index (χ3v) is 3.33. The van der Waals surface area contributed by atoms with Gasteiger partial charge in [0.25, 0.3) is 0 Å². The lowest BCUT2D eigenvalue weighted by molar-refractivity contribution is 0.406. The van der Waals surface area contributed by atoms with Crippen LogP contribution in [0.25, 0.3) is 0 Å². The van der Waals surface area contributed by atoms with Gasteiger partial charge in [-0.15, -0.1) is 23.7 Å². The van der Waals surface area contributed by atoms with E-state index in [4.69, 9.17) is 10.5 Å². The summed E-state index contributed by atoms with van der Waals surface area (Å²) in [5.74, 6) is 0.310. The molecular formula is C12H13ClFNOS. The summed E-state index contributed by atoms with van der Waals surface area (Å²) < 4.78 is 18.4. The Balaban J connectivity index is 0.00000144. The van der Waals surface area contributed by atoms with Gasteiger partial charge < -0.3 is 10.5 Å². The second-order valence-electron chi connectivity index (χ2n) is 3.38. The lowest BCUT2D eigenvalue weighted by Gasteiger charge is -2.14. The summed E-state index contributed by atoms with van der Waals surface area (Å²) in [7, 11) is 1.55. The first kappa shape index (κ1) is 14.0. The van der Waals surface area contributed by atoms with Gasteiger partial charge in [-0.1, -0.05) is 6.07 Å². The molecule has 0 saturated heterocycles. The fraction of sp³-hybridized carbons (Fsp3) is 0.167. The van der Waals surface area contributed by atoms with E-state index in [2.05, 4.69) is 0 Å². The largest absolute Gasteiger partial charge is 0.496 e. The van der Waals surface area contributed by atoms with E-state index < -0.39 is 0 Å². The molecular weight excluding hydrogens is 261 g/mol. The van der Waals surface area contributed by atoms with Crippen LogP contribution in [-0.4, -0.2) is 7.11 Å². The molecule has 0 radical (unpaired) electrons. The highest BCUT2D eigenvalue weighted by Crippen LogP contribution is 2.30. The number of rotatable bonds is 3. The average Bonchev–Trinajstić information content (AvgIpc) is 2.81. The van der Waals surface area contributed by atoms with Crippen molar-refractivity contribution in [1.82, 2.24) is 0 Å². The summed E-state index contributed by atoms with van der Waals surface area (Å²) in [4.78, 5) is 0.990. The average molecular weight is 274 g/mol. The summed E-state index contributed by atoms with van der Waals surface area (Å²) in [6.45, 7) is 0. The molecule has 0 amide bonds. The van der Waals surface area contributed by atoms with Crippen molar-refractivity contribution in [2.45, 2.75) is 6.04 Å². The van der Waals surface area contributed by atoms with E-state index >= 15 is 0 Å². The Labute approximate surface area is 110 Å². The monoisotopic (exact) mass is 273 g/mol. The van der Waals surface area contributed by atoms with Crippen LogP contribution >= 0.6 is 23.7 Å². The number of ether oxygens (including phenoxy) is 1. The van der Waals surface area contributed by atoms with Crippen molar-refractivity contribution in [2.75, 3.05) is 7.11 Å². The number of halogens is 2. The summed E-state index contributed by atoms with van der Waals surface area (Å²) in [5, 5.41) is 1.95. The van der Waals surface area contributed by atoms with Gasteiger partial charge in [-0.3, -0.25) is 0 Å². The van der Waals surface area contributed by atoms with Crippen LogP contribution in [0.4, 0.5) is 4.39 Å². The second-order valence-corrected chi connectivity index (χ2v) is 4.36. The zero-order valence-corrected chi connectivity index (χ0v) is 10.9. The van der Waals surface area contributed by atoms with Crippen LogP contribution in [0, 0.1) is 5.82 Å². The highest BCUT2D eigenvalue weighted by molar-refractivity contribution is 7.10. The SMILES string of the molecule is COc1ccc(F)cc1[C@H](N)c1cccs1.Cl. The first-order valence-electron chi connectivity index (χ1n) is 4.85. The molecule has 17 heavy (non-hydrogen) atoms. The van der Waals surface area contributed by atoms with Gasteiger partial charge in [0.05, 0.1) is 13.2 Å². The van der Waals surface area contributed by atoms with Gasteiger partial charge in [0.2, 0.25) is 0 Å². The second kappa shape index (κ2) is 6.00. The van der Waals surface area contributed by atoms with Crippen LogP contribution in [0.3, 0.4) is 0 Å². The summed E-state index contributed by atoms with van der Waals surface area (Å²) in [6, 6.07) is 7.89. The number of hydrogen-bond donors (Lipinski definition) is 1. The van der Waals surface area contributed by atoms with Crippen molar-refractivity contribution >= 4 is 23.7 Å². The van der Waals surface area contributed by atoms with Crippen molar-refractivity contribution in [3.8, 4) is 5.75 Å². The molecule has 1 aromatic carbocycles. The van der Waals surface area contributed by atoms with Gasteiger partial charge in [-0.25, -0.2) is 4.39 Å². The van der Waals surface area contributed by atoms with Gasteiger partial charge >= 0.3 is 0 Å². The Kier molecular flexibility index (Phi) is 4.93. The fourth-order valence-electron chi connectivity index (χ4n) is 1.57. The Hall–Kier alpha value is -1.10. The predicted octanol–water partition coefficient (Wildman–Crippen LogP) is 3.37. The highest BCUT2D eigenvalue weighted by atomic mass is 35.5. The lowest BCUT2D eigenvalue weighted by Crippen LogP contribution is -2.11. The molecule has 0 unspecified atom stereocenters. The fourth-order valence-corrected chi connectivity index (χ4v) is 2.31. The van der Waals surface area contributed by atoms with E-state index in [0.717, 1.165) is 4.88 Å². The maximum Gasteiger partial charge on any atom is 0.124 e. The molecule has 0 bridgehead atoms. The molecule has 0 fully saturated rings. The third kappa shape index (κ3) is 2.97. The molecule has 1 aromatic heterocycles. The third-order valence-electron chi connectivity index (χ3n) is 2.38. The minimum Gasteiger partial charge on any atom is -0.496 e. The molecule has 0 saturated carbocycles. The van der Waals surface area contributed by atoms with Gasteiger partial charge in [0.15, 0.2) is 0 Å². The zero-order valence-electron chi connectivity index (χ0n) is 9.22. The number of benzene rings is 1. The van der Waals surface area contributed by atoms with Crippen LogP contribution in [0.15, 0.2) is 35.7 Å². The van der Waals surface area contributed by atoms with Crippen molar-refractivity contribution in [2.24, 2.45) is 5.73 Å². The molecule has 1 atom stereocenters. The van der Waals surface area contributed by atoms with Crippen molar-refractivity contribution in [3.05, 3.63) is 52.0 Å². The quantitative estimate of drug-likeness (QED) is 0.931. The maximum atomic E-state index is 13.2. The molecule has 2 rings (SSSR count). The number of nitrogens with two attached hydrogens (primary N) is 1. The lowest BCUT2D eigenvalue weighted by atomic mass is 10.0. The van der Waals surface area contributed by atoms with E-state index in [0.29, 0.717) is 11.3 Å². The highest BCUT2D eigenvalue weighted by Gasteiger charge is 2.15. The van der Waals surface area contributed by atoms with Crippen molar-refractivity contribution in [1.29, 1.82) is 0 Å². The maximum absolute atomic E-state index is 13.2. The van der Waals surface area contributed by atoms with Gasteiger partial charge in [-0.2, -0.15) is 0 Å². The molecule has 2 N–H and O–H groups in total. The normalized spacial score (nSPS) is 11.7. The van der Waals surface area contributed by atoms with Gasteiger partial charge in [0.1, 0.15) is 11.6 Å². The molecule has 1 heterocycles. The minimum absolute atomic E-state index is 0. The minimum atomic E-state index is -0.342. The van der Waals surface area contributed by atoms with Gasteiger partial charge in [0, 0.05) is 10.4 Å². The summed E-state index contributed by atoms with van der Waals surface area (Å²) >= 11 is 1.55. The Morgan fingerprint density at radius 3 is 2.71 bits per heavy atom. The van der Waals surface area contributed by atoms with Crippen LogP contribution in [0.2, 0.25) is 0 Å². The van der Waals surface area contributed by atoms with E-state index in [1.165, 1.54) is 12.1 Å². The van der Waals surface area contributed by atoms with Crippen molar-refractivity contribution < 1.29 is 9.13 Å². The molecule has 2 nitrogen and oxygen atoms in total. The Morgan fingerprint density at radius 2 is 2.12 bits per heavy atom. The van der Waals surface area contributed by atoms with Crippen LogP contribution < -0.4 is 10.5 Å². The predicted molar refractivity (Wildman–Crippen MR) is 70.5 cm³/mol. The molecule has 0 spiro atoms. The number of methoxy groups -OCH3 is 1. The standard InChI is InChI=1S/C12H12FNOS.ClH/c1-15-10-5-4-8(13)7-9(10)12(14)11-3-2-6-16-11;/h2-7,12H,14H2,1H3;1H/t12-;/m0./s1. The van der Waals surface area contributed by atoms with E-state index in [-0.39, 0.29) is 24.3 Å². The number of thiophene rings is 1. The summed E-state index contributed by atoms with van der Waals surface area (Å²) in [5.41, 5.74) is 6.74. The van der Waals surface area contributed by atoms with E-state index in [9.17, 15) is 4.39 Å². The topological polar surface area (TPSA) is 35.2 Å². The van der Waals surface area contributed by atoms with E-state index in [1.54, 1.807) is 24.5 Å². The molecule has 0 aliphatic rings. The molecule has 0 aliphatic carbocycles. The molecule has 0 aliphatic heterocycles. The first-order chi connectivity index (χ1) is 7.72.